The molecule has 0 N–H and O–H groups in total. The van der Waals surface area contributed by atoms with Crippen LogP contribution < -0.4 is 0 Å². The third kappa shape index (κ3) is 4.13. The summed E-state index contributed by atoms with van der Waals surface area (Å²) in [6.45, 7) is 6.20. The van der Waals surface area contributed by atoms with Crippen molar-refractivity contribution >= 4 is 17.6 Å². The number of esters is 1. The van der Waals surface area contributed by atoms with Gasteiger partial charge in [0.15, 0.2) is 0 Å². The van der Waals surface area contributed by atoms with E-state index in [2.05, 4.69) is 4.74 Å². The van der Waals surface area contributed by atoms with Gasteiger partial charge in [0.1, 0.15) is 11.4 Å². The smallest absolute Gasteiger partial charge is 0.410 e. The number of hydrogen-bond donors (Lipinski definition) is 0. The first kappa shape index (κ1) is 18.0. The average molecular weight is 335 g/mol. The first-order valence-corrected chi connectivity index (χ1v) is 7.77. The maximum absolute atomic E-state index is 14.5. The molecule has 1 heterocycles. The van der Waals surface area contributed by atoms with Crippen molar-refractivity contribution in [3.05, 3.63) is 41.2 Å². The standard InChI is InChI=1S/C18H22FNO4/c1-18(2,3)24-17(22)20-10-8-12(9-11-20)13-6-5-7-14(15(13)19)16(21)23-4/h5-8H,9-11H2,1-4H3. The number of hydrogen-bond acceptors (Lipinski definition) is 4. The minimum absolute atomic E-state index is 0.0922. The van der Waals surface area contributed by atoms with E-state index in [1.54, 1.807) is 23.1 Å². The third-order valence-corrected chi connectivity index (χ3v) is 3.61. The number of methoxy groups -OCH3 is 1. The lowest BCUT2D eigenvalue weighted by Crippen LogP contribution is -2.39. The molecule has 130 valence electrons. The molecule has 1 aliphatic rings. The lowest BCUT2D eigenvalue weighted by Gasteiger charge is -2.29. The highest BCUT2D eigenvalue weighted by Gasteiger charge is 2.25. The maximum atomic E-state index is 14.5. The number of halogens is 1. The number of carbonyl (C=O) groups is 2. The monoisotopic (exact) mass is 335 g/mol. The van der Waals surface area contributed by atoms with Gasteiger partial charge in [0.25, 0.3) is 0 Å². The van der Waals surface area contributed by atoms with Gasteiger partial charge < -0.3 is 14.4 Å². The largest absolute Gasteiger partial charge is 0.465 e. The highest BCUT2D eigenvalue weighted by Crippen LogP contribution is 2.27. The van der Waals surface area contributed by atoms with E-state index in [4.69, 9.17) is 4.74 Å². The SMILES string of the molecule is COC(=O)c1cccc(C2=CCN(C(=O)OC(C)(C)C)CC2)c1F. The van der Waals surface area contributed by atoms with E-state index in [1.165, 1.54) is 13.2 Å². The van der Waals surface area contributed by atoms with Gasteiger partial charge in [-0.3, -0.25) is 0 Å². The first-order valence-electron chi connectivity index (χ1n) is 7.77. The number of amides is 1. The minimum atomic E-state index is -0.707. The first-order chi connectivity index (χ1) is 11.2. The van der Waals surface area contributed by atoms with Crippen molar-refractivity contribution in [2.24, 2.45) is 0 Å². The maximum Gasteiger partial charge on any atom is 0.410 e. The van der Waals surface area contributed by atoms with Crippen molar-refractivity contribution < 1.29 is 23.5 Å². The predicted octanol–water partition coefficient (Wildman–Crippen LogP) is 3.64. The van der Waals surface area contributed by atoms with Crippen LogP contribution in [0.5, 0.6) is 0 Å². The molecule has 1 amide bonds. The topological polar surface area (TPSA) is 55.8 Å². The zero-order chi connectivity index (χ0) is 17.9. The molecule has 0 unspecified atom stereocenters. The molecule has 0 aliphatic carbocycles. The molecule has 2 rings (SSSR count). The molecule has 0 bridgehead atoms. The molecule has 0 atom stereocenters. The van der Waals surface area contributed by atoms with Gasteiger partial charge in [-0.1, -0.05) is 18.2 Å². The van der Waals surface area contributed by atoms with Gasteiger partial charge in [-0.05, 0) is 38.8 Å². The molecule has 6 heteroatoms. The van der Waals surface area contributed by atoms with Gasteiger partial charge in [-0.2, -0.15) is 0 Å². The summed E-state index contributed by atoms with van der Waals surface area (Å²) in [5.74, 6) is -1.30. The fourth-order valence-electron chi connectivity index (χ4n) is 2.45. The highest BCUT2D eigenvalue weighted by molar-refractivity contribution is 5.91. The lowest BCUT2D eigenvalue weighted by molar-refractivity contribution is 0.0270. The van der Waals surface area contributed by atoms with Crippen LogP contribution in [0.1, 0.15) is 43.1 Å². The van der Waals surface area contributed by atoms with Gasteiger partial charge in [0, 0.05) is 18.7 Å². The Kier molecular flexibility index (Phi) is 5.26. The molecule has 1 aliphatic heterocycles. The van der Waals surface area contributed by atoms with Crippen LogP contribution in [0.15, 0.2) is 24.3 Å². The molecule has 5 nitrogen and oxygen atoms in total. The number of benzene rings is 1. The molecular formula is C18H22FNO4. The van der Waals surface area contributed by atoms with Crippen molar-refractivity contribution in [1.29, 1.82) is 0 Å². The van der Waals surface area contributed by atoms with Crippen molar-refractivity contribution in [3.63, 3.8) is 0 Å². The normalized spacial score (nSPS) is 14.9. The molecule has 24 heavy (non-hydrogen) atoms. The van der Waals surface area contributed by atoms with Crippen LogP contribution in [0.2, 0.25) is 0 Å². The summed E-state index contributed by atoms with van der Waals surface area (Å²) in [5.41, 5.74) is 0.479. The Bertz CT molecular complexity index is 676. The molecule has 1 aromatic rings. The fraction of sp³-hybridized carbons (Fsp3) is 0.444. The van der Waals surface area contributed by atoms with Crippen LogP contribution in [0.4, 0.5) is 9.18 Å². The Labute approximate surface area is 141 Å². The van der Waals surface area contributed by atoms with E-state index in [0.29, 0.717) is 25.1 Å². The van der Waals surface area contributed by atoms with E-state index < -0.39 is 17.4 Å². The van der Waals surface area contributed by atoms with Crippen molar-refractivity contribution in [3.8, 4) is 0 Å². The van der Waals surface area contributed by atoms with Gasteiger partial charge in [0.05, 0.1) is 12.7 Å². The van der Waals surface area contributed by atoms with Crippen molar-refractivity contribution in [2.75, 3.05) is 20.2 Å². The van der Waals surface area contributed by atoms with E-state index in [0.717, 1.165) is 5.57 Å². The molecule has 0 fully saturated rings. The Hall–Kier alpha value is -2.37. The molecule has 1 aromatic carbocycles. The second-order valence-corrected chi connectivity index (χ2v) is 6.56. The van der Waals surface area contributed by atoms with Gasteiger partial charge in [-0.15, -0.1) is 0 Å². The summed E-state index contributed by atoms with van der Waals surface area (Å²) in [6.07, 6.45) is 1.88. The number of nitrogens with zero attached hydrogens (tertiary/aromatic N) is 1. The number of rotatable bonds is 2. The molecule has 0 saturated heterocycles. The second-order valence-electron chi connectivity index (χ2n) is 6.56. The van der Waals surface area contributed by atoms with E-state index >= 15 is 0 Å². The molecule has 0 radical (unpaired) electrons. The van der Waals surface area contributed by atoms with Crippen LogP contribution in [0.3, 0.4) is 0 Å². The van der Waals surface area contributed by atoms with Crippen LogP contribution in [-0.4, -0.2) is 42.8 Å². The Morgan fingerprint density at radius 3 is 2.50 bits per heavy atom. The minimum Gasteiger partial charge on any atom is -0.465 e. The molecule has 0 saturated carbocycles. The van der Waals surface area contributed by atoms with E-state index in [-0.39, 0.29) is 11.7 Å². The summed E-state index contributed by atoms with van der Waals surface area (Å²) < 4.78 is 24.4. The molecular weight excluding hydrogens is 313 g/mol. The van der Waals surface area contributed by atoms with Crippen LogP contribution in [0, 0.1) is 5.82 Å². The molecule has 0 aromatic heterocycles. The van der Waals surface area contributed by atoms with Crippen LogP contribution in [-0.2, 0) is 9.47 Å². The van der Waals surface area contributed by atoms with Gasteiger partial charge >= 0.3 is 12.1 Å². The zero-order valence-corrected chi connectivity index (χ0v) is 14.4. The van der Waals surface area contributed by atoms with E-state index in [1.807, 2.05) is 20.8 Å². The summed E-state index contributed by atoms with van der Waals surface area (Å²) >= 11 is 0. The van der Waals surface area contributed by atoms with Crippen molar-refractivity contribution in [1.82, 2.24) is 4.90 Å². The summed E-state index contributed by atoms with van der Waals surface area (Å²) in [7, 11) is 1.22. The highest BCUT2D eigenvalue weighted by atomic mass is 19.1. The fourth-order valence-corrected chi connectivity index (χ4v) is 2.45. The number of carbonyl (C=O) groups excluding carboxylic acids is 2. The van der Waals surface area contributed by atoms with Crippen LogP contribution in [0.25, 0.3) is 5.57 Å². The summed E-state index contributed by atoms with van der Waals surface area (Å²) in [4.78, 5) is 25.2. The summed E-state index contributed by atoms with van der Waals surface area (Å²) in [5, 5.41) is 0. The Morgan fingerprint density at radius 2 is 1.96 bits per heavy atom. The summed E-state index contributed by atoms with van der Waals surface area (Å²) in [6, 6.07) is 4.63. The Balaban J connectivity index is 2.16. The van der Waals surface area contributed by atoms with Crippen LogP contribution >= 0.6 is 0 Å². The molecule has 0 spiro atoms. The zero-order valence-electron chi connectivity index (χ0n) is 14.4. The Morgan fingerprint density at radius 1 is 1.25 bits per heavy atom. The third-order valence-electron chi connectivity index (χ3n) is 3.61. The predicted molar refractivity (Wildman–Crippen MR) is 88.1 cm³/mol. The van der Waals surface area contributed by atoms with Gasteiger partial charge in [0.2, 0.25) is 0 Å². The quantitative estimate of drug-likeness (QED) is 0.774. The van der Waals surface area contributed by atoms with E-state index in [9.17, 15) is 14.0 Å². The lowest BCUT2D eigenvalue weighted by atomic mass is 9.97. The van der Waals surface area contributed by atoms with Crippen molar-refractivity contribution in [2.45, 2.75) is 32.8 Å². The number of ether oxygens (including phenoxy) is 2. The second kappa shape index (κ2) is 7.03. The average Bonchev–Trinajstić information content (AvgIpc) is 2.53. The van der Waals surface area contributed by atoms with Gasteiger partial charge in [-0.25, -0.2) is 14.0 Å².